The largest absolute Gasteiger partial charge is 0.326 e. The van der Waals surface area contributed by atoms with Gasteiger partial charge in [-0.3, -0.25) is 14.6 Å². The molecule has 1 heterocycles. The summed E-state index contributed by atoms with van der Waals surface area (Å²) in [6.07, 6.45) is 1.44. The molecule has 0 aliphatic rings. The number of anilines is 2. The van der Waals surface area contributed by atoms with E-state index >= 15 is 0 Å². The first-order valence-corrected chi connectivity index (χ1v) is 7.38. The highest BCUT2D eigenvalue weighted by atomic mass is 32.2. The van der Waals surface area contributed by atoms with E-state index in [2.05, 4.69) is 20.2 Å². The number of aryl methyl sites for hydroxylation is 1. The Kier molecular flexibility index (Phi) is 3.94. The summed E-state index contributed by atoms with van der Waals surface area (Å²) in [5.74, 6) is -1.18. The van der Waals surface area contributed by atoms with Crippen molar-refractivity contribution in [2.45, 2.75) is 18.7 Å². The topological polar surface area (TPSA) is 104 Å². The zero-order chi connectivity index (χ0) is 15.6. The number of sulfonamides is 1. The lowest BCUT2D eigenvalue weighted by atomic mass is 10.3. The van der Waals surface area contributed by atoms with Gasteiger partial charge in [-0.1, -0.05) is 0 Å². The Morgan fingerprint density at radius 3 is 2.62 bits per heavy atom. The van der Waals surface area contributed by atoms with Gasteiger partial charge in [-0.2, -0.15) is 5.10 Å². The molecular weight excluding hydrogens is 299 g/mol. The second-order valence-electron chi connectivity index (χ2n) is 4.36. The number of H-pyrrole nitrogens is 1. The Bertz CT molecular complexity index is 786. The highest BCUT2D eigenvalue weighted by Crippen LogP contribution is 2.22. The minimum absolute atomic E-state index is 0.167. The maximum atomic E-state index is 13.9. The Morgan fingerprint density at radius 1 is 1.38 bits per heavy atom. The molecule has 9 heteroatoms. The summed E-state index contributed by atoms with van der Waals surface area (Å²) in [6.45, 7) is 2.92. The number of rotatable bonds is 4. The van der Waals surface area contributed by atoms with Gasteiger partial charge in [-0.05, 0) is 25.1 Å². The number of amides is 1. The SMILES string of the molecule is CC(=O)Nc1ccc(S(=O)(=O)Nc2[nH]ncc2C)c(F)c1. The highest BCUT2D eigenvalue weighted by molar-refractivity contribution is 7.92. The van der Waals surface area contributed by atoms with Crippen LogP contribution < -0.4 is 10.0 Å². The second kappa shape index (κ2) is 5.52. The van der Waals surface area contributed by atoms with Gasteiger partial charge in [0.1, 0.15) is 16.5 Å². The quantitative estimate of drug-likeness (QED) is 0.798. The molecule has 0 radical (unpaired) electrons. The predicted octanol–water partition coefficient (Wildman–Crippen LogP) is 1.62. The molecule has 0 aliphatic carbocycles. The summed E-state index contributed by atoms with van der Waals surface area (Å²) in [7, 11) is -4.09. The van der Waals surface area contributed by atoms with Crippen molar-refractivity contribution < 1.29 is 17.6 Å². The van der Waals surface area contributed by atoms with Crippen LogP contribution in [0.4, 0.5) is 15.9 Å². The molecule has 2 rings (SSSR count). The van der Waals surface area contributed by atoms with Crippen molar-refractivity contribution in [1.82, 2.24) is 10.2 Å². The lowest BCUT2D eigenvalue weighted by molar-refractivity contribution is -0.114. The molecule has 1 aromatic heterocycles. The van der Waals surface area contributed by atoms with Gasteiger partial charge in [0, 0.05) is 18.2 Å². The van der Waals surface area contributed by atoms with Gasteiger partial charge in [-0.25, -0.2) is 12.8 Å². The van der Waals surface area contributed by atoms with Gasteiger partial charge in [0.15, 0.2) is 0 Å². The summed E-state index contributed by atoms with van der Waals surface area (Å²) in [5, 5.41) is 8.51. The van der Waals surface area contributed by atoms with E-state index in [-0.39, 0.29) is 17.4 Å². The summed E-state index contributed by atoms with van der Waals surface area (Å²) < 4.78 is 40.4. The van der Waals surface area contributed by atoms with Crippen molar-refractivity contribution in [3.8, 4) is 0 Å². The van der Waals surface area contributed by atoms with E-state index in [1.165, 1.54) is 19.2 Å². The van der Waals surface area contributed by atoms with Gasteiger partial charge in [0.25, 0.3) is 10.0 Å². The molecule has 21 heavy (non-hydrogen) atoms. The molecule has 1 amide bonds. The monoisotopic (exact) mass is 312 g/mol. The number of halogens is 1. The normalized spacial score (nSPS) is 11.2. The van der Waals surface area contributed by atoms with Crippen LogP contribution in [0.5, 0.6) is 0 Å². The zero-order valence-corrected chi connectivity index (χ0v) is 12.1. The number of aromatic amines is 1. The minimum Gasteiger partial charge on any atom is -0.326 e. The standard InChI is InChI=1S/C12H13FN4O3S/c1-7-6-14-16-12(7)17-21(19,20)11-4-3-9(5-10(11)13)15-8(2)18/h3-6H,1-2H3,(H,15,18)(H2,14,16,17). The van der Waals surface area contributed by atoms with E-state index in [0.717, 1.165) is 12.1 Å². The van der Waals surface area contributed by atoms with Crippen molar-refractivity contribution >= 4 is 27.4 Å². The third kappa shape index (κ3) is 3.37. The lowest BCUT2D eigenvalue weighted by Crippen LogP contribution is -2.16. The third-order valence-electron chi connectivity index (χ3n) is 2.61. The molecule has 0 bridgehead atoms. The molecular formula is C12H13FN4O3S. The number of carbonyl (C=O) groups excluding carboxylic acids is 1. The van der Waals surface area contributed by atoms with Crippen molar-refractivity contribution in [3.05, 3.63) is 35.8 Å². The number of hydrogen-bond acceptors (Lipinski definition) is 4. The smallest absolute Gasteiger partial charge is 0.265 e. The third-order valence-corrected chi connectivity index (χ3v) is 3.99. The van der Waals surface area contributed by atoms with Crippen LogP contribution >= 0.6 is 0 Å². The van der Waals surface area contributed by atoms with E-state index in [1.807, 2.05) is 0 Å². The number of nitrogens with zero attached hydrogens (tertiary/aromatic N) is 1. The van der Waals surface area contributed by atoms with E-state index in [0.29, 0.717) is 5.56 Å². The van der Waals surface area contributed by atoms with Crippen molar-refractivity contribution in [2.75, 3.05) is 10.0 Å². The second-order valence-corrected chi connectivity index (χ2v) is 6.01. The van der Waals surface area contributed by atoms with Crippen LogP contribution in [0.25, 0.3) is 0 Å². The first-order chi connectivity index (χ1) is 9.79. The number of aromatic nitrogens is 2. The van der Waals surface area contributed by atoms with Crippen LogP contribution in [0.1, 0.15) is 12.5 Å². The Hall–Kier alpha value is -2.42. The molecule has 112 valence electrons. The molecule has 0 fully saturated rings. The van der Waals surface area contributed by atoms with Crippen molar-refractivity contribution in [2.24, 2.45) is 0 Å². The molecule has 0 saturated heterocycles. The molecule has 0 saturated carbocycles. The first-order valence-electron chi connectivity index (χ1n) is 5.89. The van der Waals surface area contributed by atoms with Gasteiger partial charge in [-0.15, -0.1) is 0 Å². The Morgan fingerprint density at radius 2 is 2.10 bits per heavy atom. The van der Waals surface area contributed by atoms with E-state index in [9.17, 15) is 17.6 Å². The molecule has 0 spiro atoms. The molecule has 0 unspecified atom stereocenters. The van der Waals surface area contributed by atoms with Gasteiger partial charge in [0.05, 0.1) is 6.20 Å². The van der Waals surface area contributed by atoms with Crippen LogP contribution in [0, 0.1) is 12.7 Å². The molecule has 0 atom stereocenters. The van der Waals surface area contributed by atoms with Crippen LogP contribution in [0.3, 0.4) is 0 Å². The molecule has 0 aliphatic heterocycles. The van der Waals surface area contributed by atoms with Gasteiger partial charge in [0.2, 0.25) is 5.91 Å². The lowest BCUT2D eigenvalue weighted by Gasteiger charge is -2.09. The maximum absolute atomic E-state index is 13.9. The van der Waals surface area contributed by atoms with E-state index in [1.54, 1.807) is 6.92 Å². The average molecular weight is 312 g/mol. The van der Waals surface area contributed by atoms with E-state index in [4.69, 9.17) is 0 Å². The number of nitrogens with one attached hydrogen (secondary N) is 3. The fourth-order valence-electron chi connectivity index (χ4n) is 1.64. The van der Waals surface area contributed by atoms with Crippen LogP contribution in [0.2, 0.25) is 0 Å². The molecule has 7 nitrogen and oxygen atoms in total. The fraction of sp³-hybridized carbons (Fsp3) is 0.167. The molecule has 2 aromatic rings. The highest BCUT2D eigenvalue weighted by Gasteiger charge is 2.21. The summed E-state index contributed by atoms with van der Waals surface area (Å²) in [4.78, 5) is 10.4. The number of benzene rings is 1. The Labute approximate surface area is 120 Å². The average Bonchev–Trinajstić information content (AvgIpc) is 2.73. The zero-order valence-electron chi connectivity index (χ0n) is 11.3. The maximum Gasteiger partial charge on any atom is 0.265 e. The Balaban J connectivity index is 2.32. The first kappa shape index (κ1) is 15.0. The fourth-order valence-corrected chi connectivity index (χ4v) is 2.79. The van der Waals surface area contributed by atoms with Crippen molar-refractivity contribution in [3.63, 3.8) is 0 Å². The number of hydrogen-bond donors (Lipinski definition) is 3. The van der Waals surface area contributed by atoms with Gasteiger partial charge >= 0.3 is 0 Å². The minimum atomic E-state index is -4.09. The summed E-state index contributed by atoms with van der Waals surface area (Å²) in [5.41, 5.74) is 0.755. The summed E-state index contributed by atoms with van der Waals surface area (Å²) >= 11 is 0. The van der Waals surface area contributed by atoms with E-state index < -0.39 is 20.7 Å². The molecule has 1 aromatic carbocycles. The van der Waals surface area contributed by atoms with Crippen LogP contribution in [-0.2, 0) is 14.8 Å². The number of carbonyl (C=O) groups is 1. The predicted molar refractivity (Wildman–Crippen MR) is 74.8 cm³/mol. The van der Waals surface area contributed by atoms with Gasteiger partial charge < -0.3 is 5.32 Å². The summed E-state index contributed by atoms with van der Waals surface area (Å²) in [6, 6.07) is 3.32. The van der Waals surface area contributed by atoms with Crippen LogP contribution in [0.15, 0.2) is 29.3 Å². The van der Waals surface area contributed by atoms with Crippen molar-refractivity contribution in [1.29, 1.82) is 0 Å². The van der Waals surface area contributed by atoms with Crippen LogP contribution in [-0.4, -0.2) is 24.5 Å². The molecule has 3 N–H and O–H groups in total.